The number of anilines is 3. The zero-order chi connectivity index (χ0) is 15.4. The normalized spacial score (nSPS) is 10.4. The molecule has 0 unspecified atom stereocenters. The Kier molecular flexibility index (Phi) is 4.01. The van der Waals surface area contributed by atoms with Crippen molar-refractivity contribution in [3.05, 3.63) is 77.7 Å². The minimum Gasteiger partial charge on any atom is -0.396 e. The van der Waals surface area contributed by atoms with Gasteiger partial charge in [-0.3, -0.25) is 4.98 Å². The molecule has 0 spiro atoms. The molecule has 2 heterocycles. The molecule has 0 aliphatic carbocycles. The van der Waals surface area contributed by atoms with Crippen molar-refractivity contribution >= 4 is 17.2 Å². The zero-order valence-electron chi connectivity index (χ0n) is 12.5. The Morgan fingerprint density at radius 2 is 1.59 bits per heavy atom. The van der Waals surface area contributed by atoms with Crippen molar-refractivity contribution in [1.82, 2.24) is 9.97 Å². The third-order valence-corrected chi connectivity index (χ3v) is 3.58. The van der Waals surface area contributed by atoms with Crippen LogP contribution in [0.15, 0.2) is 61.1 Å². The summed E-state index contributed by atoms with van der Waals surface area (Å²) in [6, 6.07) is 14.3. The van der Waals surface area contributed by atoms with Crippen LogP contribution < -0.4 is 11.1 Å². The van der Waals surface area contributed by atoms with E-state index in [0.29, 0.717) is 11.5 Å². The molecule has 0 bridgehead atoms. The number of pyridine rings is 2. The average Bonchev–Trinajstić information content (AvgIpc) is 2.55. The standard InChI is InChI=1S/C18H18N4/c1-13-6-11-21-18(17(13)19)22-16-4-2-14(3-5-16)12-15-7-9-20-10-8-15/h2-11H,12,19H2,1H3,(H,21,22). The molecule has 2 aromatic heterocycles. The van der Waals surface area contributed by atoms with E-state index in [0.717, 1.165) is 17.7 Å². The van der Waals surface area contributed by atoms with E-state index in [-0.39, 0.29) is 0 Å². The molecule has 0 radical (unpaired) electrons. The molecule has 3 N–H and O–H groups in total. The zero-order valence-corrected chi connectivity index (χ0v) is 12.5. The van der Waals surface area contributed by atoms with Gasteiger partial charge in [-0.1, -0.05) is 12.1 Å². The maximum atomic E-state index is 6.03. The minimum atomic E-state index is 0.684. The van der Waals surface area contributed by atoms with Crippen LogP contribution in [-0.2, 0) is 6.42 Å². The molecule has 0 amide bonds. The summed E-state index contributed by atoms with van der Waals surface area (Å²) in [6.07, 6.45) is 6.29. The van der Waals surface area contributed by atoms with Gasteiger partial charge in [0.2, 0.25) is 0 Å². The molecule has 0 aliphatic heterocycles. The van der Waals surface area contributed by atoms with E-state index in [9.17, 15) is 0 Å². The summed E-state index contributed by atoms with van der Waals surface area (Å²) in [5.74, 6) is 0.696. The van der Waals surface area contributed by atoms with Gasteiger partial charge in [0.25, 0.3) is 0 Å². The first-order valence-corrected chi connectivity index (χ1v) is 7.18. The Morgan fingerprint density at radius 3 is 2.32 bits per heavy atom. The summed E-state index contributed by atoms with van der Waals surface area (Å²) < 4.78 is 0. The van der Waals surface area contributed by atoms with Gasteiger partial charge in [-0.15, -0.1) is 0 Å². The van der Waals surface area contributed by atoms with Gasteiger partial charge in [0.15, 0.2) is 5.82 Å². The Bertz CT molecular complexity index is 752. The highest BCUT2D eigenvalue weighted by molar-refractivity contribution is 5.71. The fraction of sp³-hybridized carbons (Fsp3) is 0.111. The van der Waals surface area contributed by atoms with Crippen LogP contribution in [0.25, 0.3) is 0 Å². The van der Waals surface area contributed by atoms with Crippen LogP contribution in [0.5, 0.6) is 0 Å². The number of nitrogens with one attached hydrogen (secondary N) is 1. The van der Waals surface area contributed by atoms with Crippen LogP contribution in [0.4, 0.5) is 17.2 Å². The molecular formula is C18H18N4. The lowest BCUT2D eigenvalue weighted by molar-refractivity contribution is 1.16. The molecule has 0 saturated heterocycles. The topological polar surface area (TPSA) is 63.8 Å². The first-order chi connectivity index (χ1) is 10.7. The Morgan fingerprint density at radius 1 is 0.909 bits per heavy atom. The monoisotopic (exact) mass is 290 g/mol. The van der Waals surface area contributed by atoms with Crippen LogP contribution in [-0.4, -0.2) is 9.97 Å². The third kappa shape index (κ3) is 3.23. The van der Waals surface area contributed by atoms with Crippen molar-refractivity contribution in [3.63, 3.8) is 0 Å². The fourth-order valence-electron chi connectivity index (χ4n) is 2.25. The van der Waals surface area contributed by atoms with Gasteiger partial charge in [-0.05, 0) is 60.4 Å². The first-order valence-electron chi connectivity index (χ1n) is 7.18. The van der Waals surface area contributed by atoms with E-state index in [2.05, 4.69) is 27.4 Å². The predicted molar refractivity (Wildman–Crippen MR) is 90.2 cm³/mol. The summed E-state index contributed by atoms with van der Waals surface area (Å²) in [5.41, 5.74) is 11.2. The van der Waals surface area contributed by atoms with E-state index >= 15 is 0 Å². The van der Waals surface area contributed by atoms with Gasteiger partial charge >= 0.3 is 0 Å². The van der Waals surface area contributed by atoms with Crippen molar-refractivity contribution in [2.45, 2.75) is 13.3 Å². The van der Waals surface area contributed by atoms with Crippen molar-refractivity contribution in [2.75, 3.05) is 11.1 Å². The van der Waals surface area contributed by atoms with Crippen molar-refractivity contribution < 1.29 is 0 Å². The molecule has 0 aliphatic rings. The maximum Gasteiger partial charge on any atom is 0.153 e. The lowest BCUT2D eigenvalue weighted by Crippen LogP contribution is -2.00. The van der Waals surface area contributed by atoms with Crippen LogP contribution in [0.1, 0.15) is 16.7 Å². The van der Waals surface area contributed by atoms with Crippen molar-refractivity contribution in [2.24, 2.45) is 0 Å². The quantitative estimate of drug-likeness (QED) is 0.769. The fourth-order valence-corrected chi connectivity index (χ4v) is 2.25. The molecule has 0 atom stereocenters. The average molecular weight is 290 g/mol. The highest BCUT2D eigenvalue weighted by Gasteiger charge is 2.04. The number of nitrogens with two attached hydrogens (primary N) is 1. The molecule has 3 aromatic rings. The molecule has 0 fully saturated rings. The minimum absolute atomic E-state index is 0.684. The lowest BCUT2D eigenvalue weighted by atomic mass is 10.1. The Labute approximate surface area is 130 Å². The molecule has 4 nitrogen and oxygen atoms in total. The Balaban J connectivity index is 1.73. The number of hydrogen-bond acceptors (Lipinski definition) is 4. The summed E-state index contributed by atoms with van der Waals surface area (Å²) in [4.78, 5) is 8.32. The number of nitrogens with zero attached hydrogens (tertiary/aromatic N) is 2. The van der Waals surface area contributed by atoms with Crippen LogP contribution in [0.2, 0.25) is 0 Å². The highest BCUT2D eigenvalue weighted by Crippen LogP contribution is 2.23. The number of aromatic nitrogens is 2. The largest absolute Gasteiger partial charge is 0.396 e. The summed E-state index contributed by atoms with van der Waals surface area (Å²) in [6.45, 7) is 1.97. The van der Waals surface area contributed by atoms with Crippen molar-refractivity contribution in [3.8, 4) is 0 Å². The molecule has 22 heavy (non-hydrogen) atoms. The predicted octanol–water partition coefficient (Wildman–Crippen LogP) is 3.70. The second kappa shape index (κ2) is 6.26. The molecule has 110 valence electrons. The number of aryl methyl sites for hydroxylation is 1. The molecule has 0 saturated carbocycles. The number of rotatable bonds is 4. The van der Waals surface area contributed by atoms with E-state index in [1.807, 2.05) is 49.6 Å². The van der Waals surface area contributed by atoms with E-state index in [1.54, 1.807) is 6.20 Å². The van der Waals surface area contributed by atoms with E-state index < -0.39 is 0 Å². The summed E-state index contributed by atoms with van der Waals surface area (Å²) in [7, 11) is 0. The van der Waals surface area contributed by atoms with Gasteiger partial charge < -0.3 is 11.1 Å². The SMILES string of the molecule is Cc1ccnc(Nc2ccc(Cc3ccncc3)cc2)c1N. The van der Waals surface area contributed by atoms with Gasteiger partial charge in [0.1, 0.15) is 0 Å². The second-order valence-electron chi connectivity index (χ2n) is 5.24. The van der Waals surface area contributed by atoms with Gasteiger partial charge in [0, 0.05) is 24.3 Å². The Hall–Kier alpha value is -2.88. The number of benzene rings is 1. The van der Waals surface area contributed by atoms with Crippen LogP contribution >= 0.6 is 0 Å². The highest BCUT2D eigenvalue weighted by atomic mass is 15.0. The third-order valence-electron chi connectivity index (χ3n) is 3.58. The summed E-state index contributed by atoms with van der Waals surface area (Å²) >= 11 is 0. The van der Waals surface area contributed by atoms with E-state index in [1.165, 1.54) is 11.1 Å². The summed E-state index contributed by atoms with van der Waals surface area (Å²) in [5, 5.41) is 3.26. The van der Waals surface area contributed by atoms with E-state index in [4.69, 9.17) is 5.73 Å². The molecular weight excluding hydrogens is 272 g/mol. The lowest BCUT2D eigenvalue weighted by Gasteiger charge is -2.10. The van der Waals surface area contributed by atoms with Crippen molar-refractivity contribution in [1.29, 1.82) is 0 Å². The maximum absolute atomic E-state index is 6.03. The molecule has 3 rings (SSSR count). The molecule has 4 heteroatoms. The second-order valence-corrected chi connectivity index (χ2v) is 5.24. The van der Waals surface area contributed by atoms with Crippen LogP contribution in [0, 0.1) is 6.92 Å². The van der Waals surface area contributed by atoms with Crippen LogP contribution in [0.3, 0.4) is 0 Å². The molecule has 1 aromatic carbocycles. The van der Waals surface area contributed by atoms with Gasteiger partial charge in [-0.2, -0.15) is 0 Å². The van der Waals surface area contributed by atoms with Gasteiger partial charge in [0.05, 0.1) is 5.69 Å². The van der Waals surface area contributed by atoms with Gasteiger partial charge in [-0.25, -0.2) is 4.98 Å². The first kappa shape index (κ1) is 14.1. The number of nitrogen functional groups attached to an aromatic ring is 1. The number of hydrogen-bond donors (Lipinski definition) is 2. The smallest absolute Gasteiger partial charge is 0.153 e.